The van der Waals surface area contributed by atoms with Gasteiger partial charge >= 0.3 is 6.03 Å². The highest BCUT2D eigenvalue weighted by atomic mass is 35.5. The van der Waals surface area contributed by atoms with Gasteiger partial charge in [-0.15, -0.1) is 11.3 Å². The van der Waals surface area contributed by atoms with Crippen molar-refractivity contribution in [1.29, 1.82) is 0 Å². The number of rotatable bonds is 7. The molecule has 1 unspecified atom stereocenters. The third-order valence-electron chi connectivity index (χ3n) is 4.27. The molecule has 0 aliphatic carbocycles. The van der Waals surface area contributed by atoms with Crippen LogP contribution in [0.4, 0.5) is 10.5 Å². The fraction of sp³-hybridized carbons (Fsp3) is 0.421. The largest absolute Gasteiger partial charge is 0.336 e. The molecule has 1 aromatic heterocycles. The number of nitrogens with one attached hydrogen (secondary N) is 2. The number of anilines is 1. The quantitative estimate of drug-likeness (QED) is 0.714. The van der Waals surface area contributed by atoms with Crippen molar-refractivity contribution in [2.24, 2.45) is 0 Å². The number of carbonyl (C=O) groups excluding carboxylic acids is 1. The first-order valence-corrected chi connectivity index (χ1v) is 9.78. The number of aryl methyl sites for hydroxylation is 1. The lowest BCUT2D eigenvalue weighted by Crippen LogP contribution is -2.37. The summed E-state index contributed by atoms with van der Waals surface area (Å²) in [5, 5.41) is 8.76. The molecular weight excluding hydrogens is 354 g/mol. The zero-order valence-corrected chi connectivity index (χ0v) is 16.8. The molecule has 1 atom stereocenters. The van der Waals surface area contributed by atoms with E-state index in [0.717, 1.165) is 29.7 Å². The molecule has 2 rings (SSSR count). The number of amides is 2. The van der Waals surface area contributed by atoms with Crippen LogP contribution in [-0.4, -0.2) is 31.6 Å². The van der Waals surface area contributed by atoms with Crippen molar-refractivity contribution in [3.05, 3.63) is 50.7 Å². The fourth-order valence-corrected chi connectivity index (χ4v) is 4.05. The third-order valence-corrected chi connectivity index (χ3v) is 5.59. The molecule has 0 spiro atoms. The highest BCUT2D eigenvalue weighted by molar-refractivity contribution is 7.10. The van der Waals surface area contributed by atoms with Gasteiger partial charge in [-0.2, -0.15) is 0 Å². The fourth-order valence-electron chi connectivity index (χ4n) is 2.83. The van der Waals surface area contributed by atoms with Gasteiger partial charge in [-0.05, 0) is 55.6 Å². The number of halogens is 1. The van der Waals surface area contributed by atoms with Crippen LogP contribution in [0, 0.1) is 0 Å². The SMILES string of the molecule is CCc1ccc(Cl)c(CC)c1NC(=O)NCC(c1cccs1)N(C)C. The van der Waals surface area contributed by atoms with Crippen LogP contribution in [0.1, 0.15) is 35.9 Å². The van der Waals surface area contributed by atoms with Crippen LogP contribution in [0.5, 0.6) is 0 Å². The molecule has 2 aromatic rings. The zero-order valence-electron chi connectivity index (χ0n) is 15.2. The topological polar surface area (TPSA) is 44.4 Å². The maximum absolute atomic E-state index is 12.5. The maximum Gasteiger partial charge on any atom is 0.319 e. The molecule has 0 saturated carbocycles. The van der Waals surface area contributed by atoms with E-state index in [-0.39, 0.29) is 12.1 Å². The number of thiophene rings is 1. The van der Waals surface area contributed by atoms with Gasteiger partial charge < -0.3 is 15.5 Å². The monoisotopic (exact) mass is 379 g/mol. The molecule has 25 heavy (non-hydrogen) atoms. The number of hydrogen-bond donors (Lipinski definition) is 2. The van der Waals surface area contributed by atoms with Gasteiger partial charge in [0.25, 0.3) is 0 Å². The molecule has 1 aromatic carbocycles. The normalized spacial score (nSPS) is 12.2. The average Bonchev–Trinajstić information content (AvgIpc) is 3.09. The number of nitrogens with zero attached hydrogens (tertiary/aromatic N) is 1. The number of urea groups is 1. The van der Waals surface area contributed by atoms with Crippen LogP contribution < -0.4 is 10.6 Å². The van der Waals surface area contributed by atoms with Gasteiger partial charge in [0.2, 0.25) is 0 Å². The van der Waals surface area contributed by atoms with Crippen molar-refractivity contribution in [1.82, 2.24) is 10.2 Å². The van der Waals surface area contributed by atoms with Crippen molar-refractivity contribution >= 4 is 34.7 Å². The summed E-state index contributed by atoms with van der Waals surface area (Å²) in [6, 6.07) is 7.96. The number of hydrogen-bond acceptors (Lipinski definition) is 3. The summed E-state index contributed by atoms with van der Waals surface area (Å²) in [5.74, 6) is 0. The second kappa shape index (κ2) is 9.22. The average molecular weight is 380 g/mol. The summed E-state index contributed by atoms with van der Waals surface area (Å²) in [5.41, 5.74) is 2.92. The van der Waals surface area contributed by atoms with Crippen LogP contribution >= 0.6 is 22.9 Å². The lowest BCUT2D eigenvalue weighted by atomic mass is 10.0. The molecule has 4 nitrogen and oxygen atoms in total. The summed E-state index contributed by atoms with van der Waals surface area (Å²) >= 11 is 8.00. The Kier molecular flexibility index (Phi) is 7.29. The van der Waals surface area contributed by atoms with E-state index in [4.69, 9.17) is 11.6 Å². The van der Waals surface area contributed by atoms with Crippen molar-refractivity contribution in [3.8, 4) is 0 Å². The molecule has 136 valence electrons. The molecule has 6 heteroatoms. The van der Waals surface area contributed by atoms with Gasteiger partial charge in [0.05, 0.1) is 11.7 Å². The molecule has 0 fully saturated rings. The Labute approximate surface area is 159 Å². The standard InChI is InChI=1S/C19H26ClN3OS/c1-5-13-9-10-15(20)14(6-2)18(13)22-19(24)21-12-16(23(3)4)17-8-7-11-25-17/h7-11,16H,5-6,12H2,1-4H3,(H2,21,22,24). The van der Waals surface area contributed by atoms with E-state index in [9.17, 15) is 4.79 Å². The van der Waals surface area contributed by atoms with Crippen LogP contribution in [0.3, 0.4) is 0 Å². The van der Waals surface area contributed by atoms with Crippen molar-refractivity contribution in [3.63, 3.8) is 0 Å². The Morgan fingerprint density at radius 3 is 2.56 bits per heavy atom. The minimum Gasteiger partial charge on any atom is -0.336 e. The molecule has 0 saturated heterocycles. The van der Waals surface area contributed by atoms with E-state index in [1.54, 1.807) is 11.3 Å². The minimum absolute atomic E-state index is 0.154. The minimum atomic E-state index is -0.199. The first-order chi connectivity index (χ1) is 12.0. The summed E-state index contributed by atoms with van der Waals surface area (Å²) in [4.78, 5) is 15.8. The smallest absolute Gasteiger partial charge is 0.319 e. The number of benzene rings is 1. The molecular formula is C19H26ClN3OS. The highest BCUT2D eigenvalue weighted by Crippen LogP contribution is 2.29. The highest BCUT2D eigenvalue weighted by Gasteiger charge is 2.17. The molecule has 1 heterocycles. The van der Waals surface area contributed by atoms with E-state index < -0.39 is 0 Å². The lowest BCUT2D eigenvalue weighted by molar-refractivity contribution is 0.244. The summed E-state index contributed by atoms with van der Waals surface area (Å²) < 4.78 is 0. The molecule has 2 N–H and O–H groups in total. The van der Waals surface area contributed by atoms with Gasteiger partial charge in [-0.1, -0.05) is 37.6 Å². The van der Waals surface area contributed by atoms with Crippen molar-refractivity contribution in [2.75, 3.05) is 26.0 Å². The second-order valence-electron chi connectivity index (χ2n) is 6.10. The van der Waals surface area contributed by atoms with E-state index in [2.05, 4.69) is 33.9 Å². The molecule has 0 aliphatic heterocycles. The predicted octanol–water partition coefficient (Wildman–Crippen LogP) is 4.95. The van der Waals surface area contributed by atoms with Crippen molar-refractivity contribution in [2.45, 2.75) is 32.7 Å². The Hall–Kier alpha value is -1.56. The van der Waals surface area contributed by atoms with Crippen LogP contribution in [0.15, 0.2) is 29.6 Å². The predicted molar refractivity (Wildman–Crippen MR) is 108 cm³/mol. The third kappa shape index (κ3) is 4.97. The van der Waals surface area contributed by atoms with Gasteiger partial charge in [0.1, 0.15) is 0 Å². The summed E-state index contributed by atoms with van der Waals surface area (Å²) in [6.45, 7) is 4.66. The van der Waals surface area contributed by atoms with E-state index in [0.29, 0.717) is 11.6 Å². The molecule has 0 bridgehead atoms. The molecule has 2 amide bonds. The second-order valence-corrected chi connectivity index (χ2v) is 7.48. The Morgan fingerprint density at radius 1 is 1.24 bits per heavy atom. The lowest BCUT2D eigenvalue weighted by Gasteiger charge is -2.24. The van der Waals surface area contributed by atoms with Crippen molar-refractivity contribution < 1.29 is 4.79 Å². The molecule has 0 radical (unpaired) electrons. The Bertz CT molecular complexity index is 701. The first kappa shape index (κ1) is 19.8. The van der Waals surface area contributed by atoms with Crippen LogP contribution in [0.25, 0.3) is 0 Å². The van der Waals surface area contributed by atoms with E-state index in [1.165, 1.54) is 4.88 Å². The van der Waals surface area contributed by atoms with E-state index >= 15 is 0 Å². The van der Waals surface area contributed by atoms with Gasteiger partial charge in [-0.25, -0.2) is 4.79 Å². The summed E-state index contributed by atoms with van der Waals surface area (Å²) in [7, 11) is 4.04. The van der Waals surface area contributed by atoms with Gasteiger partial charge in [0.15, 0.2) is 0 Å². The zero-order chi connectivity index (χ0) is 18.4. The van der Waals surface area contributed by atoms with E-state index in [1.807, 2.05) is 39.2 Å². The summed E-state index contributed by atoms with van der Waals surface area (Å²) in [6.07, 6.45) is 1.62. The Balaban J connectivity index is 2.09. The van der Waals surface area contributed by atoms with Gasteiger partial charge in [-0.3, -0.25) is 0 Å². The number of likely N-dealkylation sites (N-methyl/N-ethyl adjacent to an activating group) is 1. The van der Waals surface area contributed by atoms with Crippen LogP contribution in [-0.2, 0) is 12.8 Å². The first-order valence-electron chi connectivity index (χ1n) is 8.52. The number of carbonyl (C=O) groups is 1. The molecule has 0 aliphatic rings. The Morgan fingerprint density at radius 2 is 2.00 bits per heavy atom. The van der Waals surface area contributed by atoms with Gasteiger partial charge in [0, 0.05) is 16.4 Å². The van der Waals surface area contributed by atoms with Crippen LogP contribution in [0.2, 0.25) is 5.02 Å². The maximum atomic E-state index is 12.5.